The monoisotopic (exact) mass is 371 g/mol. The Morgan fingerprint density at radius 2 is 2.12 bits per heavy atom. The van der Waals surface area contributed by atoms with Gasteiger partial charge < -0.3 is 10.6 Å². The minimum atomic E-state index is -0.596. The molecule has 1 amide bonds. The van der Waals surface area contributed by atoms with Crippen molar-refractivity contribution in [3.05, 3.63) is 64.4 Å². The summed E-state index contributed by atoms with van der Waals surface area (Å²) in [6, 6.07) is 12.2. The molecule has 8 heteroatoms. The highest BCUT2D eigenvalue weighted by Crippen LogP contribution is 2.29. The number of fused-ring (bicyclic) bond motifs is 1. The Bertz CT molecular complexity index is 1020. The van der Waals surface area contributed by atoms with Gasteiger partial charge in [0.05, 0.1) is 27.4 Å². The van der Waals surface area contributed by atoms with Gasteiger partial charge in [0.1, 0.15) is 11.6 Å². The Labute approximate surface area is 153 Å². The van der Waals surface area contributed by atoms with Crippen LogP contribution >= 0.6 is 23.2 Å². The summed E-state index contributed by atoms with van der Waals surface area (Å²) in [4.78, 5) is 12.2. The molecule has 3 aromatic rings. The number of nitrogens with one attached hydrogen (secondary N) is 3. The maximum atomic E-state index is 12.2. The molecular formula is C17H11Cl2N5O. The zero-order valence-corrected chi connectivity index (χ0v) is 14.2. The van der Waals surface area contributed by atoms with Crippen LogP contribution in [0.1, 0.15) is 0 Å². The van der Waals surface area contributed by atoms with Crippen LogP contribution in [0.25, 0.3) is 10.9 Å². The van der Waals surface area contributed by atoms with E-state index < -0.39 is 5.91 Å². The summed E-state index contributed by atoms with van der Waals surface area (Å²) in [6.07, 6.45) is 3.03. The van der Waals surface area contributed by atoms with Gasteiger partial charge in [-0.3, -0.25) is 9.89 Å². The summed E-state index contributed by atoms with van der Waals surface area (Å²) in [5.41, 5.74) is 1.77. The number of anilines is 2. The van der Waals surface area contributed by atoms with Crippen LogP contribution in [0.3, 0.4) is 0 Å². The fraction of sp³-hybridized carbons (Fsp3) is 0. The largest absolute Gasteiger partial charge is 0.360 e. The van der Waals surface area contributed by atoms with Gasteiger partial charge in [0.15, 0.2) is 0 Å². The van der Waals surface area contributed by atoms with Gasteiger partial charge in [0.25, 0.3) is 5.91 Å². The minimum absolute atomic E-state index is 0.110. The first-order chi connectivity index (χ1) is 12.1. The van der Waals surface area contributed by atoms with Gasteiger partial charge in [-0.15, -0.1) is 0 Å². The molecule has 124 valence electrons. The van der Waals surface area contributed by atoms with Crippen molar-refractivity contribution in [1.82, 2.24) is 10.2 Å². The van der Waals surface area contributed by atoms with Gasteiger partial charge in [-0.25, -0.2) is 0 Å². The number of carbonyl (C=O) groups excluding carboxylic acids is 1. The number of nitrogens with zero attached hydrogens (tertiary/aromatic N) is 2. The Kier molecular flexibility index (Phi) is 4.89. The molecule has 0 unspecified atom stereocenters. The molecule has 2 aromatic carbocycles. The molecule has 25 heavy (non-hydrogen) atoms. The predicted molar refractivity (Wildman–Crippen MR) is 98.5 cm³/mol. The van der Waals surface area contributed by atoms with Crippen molar-refractivity contribution < 1.29 is 4.79 Å². The first-order valence-corrected chi connectivity index (χ1v) is 7.89. The number of aromatic nitrogens is 2. The molecule has 0 aliphatic carbocycles. The fourth-order valence-corrected chi connectivity index (χ4v) is 2.47. The van der Waals surface area contributed by atoms with Crippen molar-refractivity contribution >= 4 is 51.4 Å². The standard InChI is InChI=1S/C17H11Cl2N5O/c18-13-2-1-3-14(16(13)19)23-17(25)11(7-20)8-21-12-5-4-10-9-22-24-15(10)6-12/h1-6,8-9,21H,(H,22,24)(H,23,25)/b11-8-. The van der Waals surface area contributed by atoms with Gasteiger partial charge in [0, 0.05) is 17.3 Å². The molecular weight excluding hydrogens is 361 g/mol. The van der Waals surface area contributed by atoms with Crippen LogP contribution in [0.2, 0.25) is 10.0 Å². The molecule has 0 atom stereocenters. The lowest BCUT2D eigenvalue weighted by atomic mass is 10.2. The summed E-state index contributed by atoms with van der Waals surface area (Å²) in [5.74, 6) is -0.596. The first kappa shape index (κ1) is 16.8. The van der Waals surface area contributed by atoms with E-state index in [1.807, 2.05) is 24.3 Å². The molecule has 0 saturated heterocycles. The van der Waals surface area contributed by atoms with Crippen LogP contribution in [-0.4, -0.2) is 16.1 Å². The summed E-state index contributed by atoms with van der Waals surface area (Å²) in [7, 11) is 0. The molecule has 0 aliphatic heterocycles. The van der Waals surface area contributed by atoms with Crippen LogP contribution in [0, 0.1) is 11.3 Å². The van der Waals surface area contributed by atoms with Crippen molar-refractivity contribution in [3.8, 4) is 6.07 Å². The lowest BCUT2D eigenvalue weighted by Gasteiger charge is -2.08. The highest BCUT2D eigenvalue weighted by atomic mass is 35.5. The van der Waals surface area contributed by atoms with Crippen LogP contribution < -0.4 is 10.6 Å². The number of hydrogen-bond donors (Lipinski definition) is 3. The molecule has 3 N–H and O–H groups in total. The molecule has 0 bridgehead atoms. The zero-order valence-electron chi connectivity index (χ0n) is 12.7. The number of benzene rings is 2. The Hall–Kier alpha value is -3.01. The maximum absolute atomic E-state index is 12.2. The summed E-state index contributed by atoms with van der Waals surface area (Å²) in [6.45, 7) is 0. The highest BCUT2D eigenvalue weighted by molar-refractivity contribution is 6.44. The summed E-state index contributed by atoms with van der Waals surface area (Å²) < 4.78 is 0. The van der Waals surface area contributed by atoms with Crippen LogP contribution in [0.15, 0.2) is 54.4 Å². The number of carbonyl (C=O) groups is 1. The quantitative estimate of drug-likeness (QED) is 0.469. The number of halogens is 2. The van der Waals surface area contributed by atoms with E-state index in [0.29, 0.717) is 16.4 Å². The molecule has 0 radical (unpaired) electrons. The number of H-pyrrole nitrogens is 1. The predicted octanol–water partition coefficient (Wildman–Crippen LogP) is 4.33. The third-order valence-corrected chi connectivity index (χ3v) is 4.21. The smallest absolute Gasteiger partial charge is 0.267 e. The molecule has 0 aliphatic rings. The third kappa shape index (κ3) is 3.74. The third-order valence-electron chi connectivity index (χ3n) is 3.39. The number of nitriles is 1. The van der Waals surface area contributed by atoms with Gasteiger partial charge in [-0.2, -0.15) is 10.4 Å². The second-order valence-corrected chi connectivity index (χ2v) is 5.83. The van der Waals surface area contributed by atoms with E-state index in [9.17, 15) is 10.1 Å². The molecule has 3 rings (SSSR count). The highest BCUT2D eigenvalue weighted by Gasteiger charge is 2.12. The van der Waals surface area contributed by atoms with E-state index >= 15 is 0 Å². The van der Waals surface area contributed by atoms with E-state index in [4.69, 9.17) is 23.2 Å². The first-order valence-electron chi connectivity index (χ1n) is 7.14. The van der Waals surface area contributed by atoms with E-state index in [1.54, 1.807) is 24.4 Å². The SMILES string of the molecule is N#C/C(=C/Nc1ccc2cn[nH]c2c1)C(=O)Nc1cccc(Cl)c1Cl. The van der Waals surface area contributed by atoms with Crippen molar-refractivity contribution in [2.75, 3.05) is 10.6 Å². The summed E-state index contributed by atoms with van der Waals surface area (Å²) in [5, 5.41) is 23.0. The van der Waals surface area contributed by atoms with Crippen LogP contribution in [-0.2, 0) is 4.79 Å². The lowest BCUT2D eigenvalue weighted by molar-refractivity contribution is -0.112. The summed E-state index contributed by atoms with van der Waals surface area (Å²) >= 11 is 11.9. The maximum Gasteiger partial charge on any atom is 0.267 e. The molecule has 0 fully saturated rings. The Morgan fingerprint density at radius 3 is 2.92 bits per heavy atom. The average Bonchev–Trinajstić information content (AvgIpc) is 3.07. The van der Waals surface area contributed by atoms with Crippen LogP contribution in [0.5, 0.6) is 0 Å². The lowest BCUT2D eigenvalue weighted by Crippen LogP contribution is -2.14. The van der Waals surface area contributed by atoms with Gasteiger partial charge in [-0.05, 0) is 30.3 Å². The fourth-order valence-electron chi connectivity index (χ4n) is 2.12. The van der Waals surface area contributed by atoms with Crippen molar-refractivity contribution in [2.45, 2.75) is 0 Å². The van der Waals surface area contributed by atoms with Gasteiger partial charge >= 0.3 is 0 Å². The average molecular weight is 372 g/mol. The molecule has 6 nitrogen and oxygen atoms in total. The van der Waals surface area contributed by atoms with E-state index in [-0.39, 0.29) is 10.6 Å². The van der Waals surface area contributed by atoms with Gasteiger partial charge in [0.2, 0.25) is 0 Å². The molecule has 0 spiro atoms. The van der Waals surface area contributed by atoms with Crippen molar-refractivity contribution in [2.24, 2.45) is 0 Å². The second-order valence-electron chi connectivity index (χ2n) is 5.04. The number of hydrogen-bond acceptors (Lipinski definition) is 4. The van der Waals surface area contributed by atoms with E-state index in [0.717, 1.165) is 10.9 Å². The molecule has 0 saturated carbocycles. The van der Waals surface area contributed by atoms with E-state index in [2.05, 4.69) is 20.8 Å². The van der Waals surface area contributed by atoms with E-state index in [1.165, 1.54) is 6.20 Å². The molecule has 1 aromatic heterocycles. The van der Waals surface area contributed by atoms with Crippen molar-refractivity contribution in [3.63, 3.8) is 0 Å². The molecule has 1 heterocycles. The Morgan fingerprint density at radius 1 is 1.28 bits per heavy atom. The second kappa shape index (κ2) is 7.26. The topological polar surface area (TPSA) is 93.6 Å². The van der Waals surface area contributed by atoms with Crippen molar-refractivity contribution in [1.29, 1.82) is 5.26 Å². The van der Waals surface area contributed by atoms with Gasteiger partial charge in [-0.1, -0.05) is 29.3 Å². The minimum Gasteiger partial charge on any atom is -0.360 e. The number of aromatic amines is 1. The Balaban J connectivity index is 1.76. The number of amides is 1. The van der Waals surface area contributed by atoms with Crippen LogP contribution in [0.4, 0.5) is 11.4 Å². The zero-order chi connectivity index (χ0) is 17.8. The normalized spacial score (nSPS) is 11.2. The number of rotatable bonds is 4.